The third kappa shape index (κ3) is 2.16. The van der Waals surface area contributed by atoms with E-state index in [4.69, 9.17) is 5.73 Å². The molecule has 0 saturated heterocycles. The highest BCUT2D eigenvalue weighted by molar-refractivity contribution is 5.47. The highest BCUT2D eigenvalue weighted by atomic mass is 19.1. The molecule has 88 valence electrons. The van der Waals surface area contributed by atoms with Crippen molar-refractivity contribution in [3.05, 3.63) is 29.8 Å². The first kappa shape index (κ1) is 11.3. The van der Waals surface area contributed by atoms with Crippen molar-refractivity contribution in [3.8, 4) is 0 Å². The Labute approximate surface area is 94.0 Å². The minimum Gasteiger partial charge on any atom is -0.372 e. The summed E-state index contributed by atoms with van der Waals surface area (Å²) in [6.45, 7) is 1.35. The number of nitrogens with two attached hydrogens (primary N) is 1. The van der Waals surface area contributed by atoms with Gasteiger partial charge in [-0.25, -0.2) is 8.78 Å². The minimum absolute atomic E-state index is 0.148. The van der Waals surface area contributed by atoms with E-state index in [0.717, 1.165) is 25.5 Å². The van der Waals surface area contributed by atoms with E-state index in [1.807, 2.05) is 11.9 Å². The Balaban J connectivity index is 2.11. The first-order valence-corrected chi connectivity index (χ1v) is 5.43. The van der Waals surface area contributed by atoms with Gasteiger partial charge in [0.15, 0.2) is 0 Å². The van der Waals surface area contributed by atoms with Crippen molar-refractivity contribution in [2.24, 2.45) is 11.1 Å². The topological polar surface area (TPSA) is 29.3 Å². The number of benzene rings is 1. The summed E-state index contributed by atoms with van der Waals surface area (Å²) < 4.78 is 26.2. The molecule has 0 aliphatic heterocycles. The van der Waals surface area contributed by atoms with Crippen molar-refractivity contribution < 1.29 is 8.78 Å². The van der Waals surface area contributed by atoms with E-state index in [1.165, 1.54) is 12.1 Å². The van der Waals surface area contributed by atoms with Crippen molar-refractivity contribution in [1.29, 1.82) is 0 Å². The fourth-order valence-electron chi connectivity index (χ4n) is 1.98. The van der Waals surface area contributed by atoms with E-state index in [1.54, 1.807) is 0 Å². The average molecular weight is 226 g/mol. The van der Waals surface area contributed by atoms with Crippen LogP contribution in [0.4, 0.5) is 14.5 Å². The summed E-state index contributed by atoms with van der Waals surface area (Å²) in [6, 6.07) is 3.65. The molecule has 1 aromatic carbocycles. The number of halogens is 2. The van der Waals surface area contributed by atoms with Crippen LogP contribution in [0.5, 0.6) is 0 Å². The summed E-state index contributed by atoms with van der Waals surface area (Å²) in [5.74, 6) is -1.06. The molecule has 0 aromatic heterocycles. The Kier molecular flexibility index (Phi) is 2.84. The van der Waals surface area contributed by atoms with Crippen LogP contribution in [0.15, 0.2) is 18.2 Å². The zero-order valence-electron chi connectivity index (χ0n) is 9.34. The summed E-state index contributed by atoms with van der Waals surface area (Å²) in [5.41, 5.74) is 6.26. The van der Waals surface area contributed by atoms with Gasteiger partial charge in [-0.15, -0.1) is 0 Å². The molecular formula is C12H16F2N2. The SMILES string of the molecule is CN(CC1(CN)CC1)c1ccc(F)cc1F. The summed E-state index contributed by atoms with van der Waals surface area (Å²) >= 11 is 0. The second-order valence-electron chi connectivity index (χ2n) is 4.66. The van der Waals surface area contributed by atoms with E-state index in [0.29, 0.717) is 12.2 Å². The number of hydrogen-bond acceptors (Lipinski definition) is 2. The van der Waals surface area contributed by atoms with Gasteiger partial charge in [-0.05, 0) is 31.5 Å². The maximum atomic E-state index is 13.5. The predicted molar refractivity (Wildman–Crippen MR) is 60.3 cm³/mol. The molecule has 0 amide bonds. The summed E-state index contributed by atoms with van der Waals surface area (Å²) in [7, 11) is 1.81. The van der Waals surface area contributed by atoms with Crippen LogP contribution in [-0.4, -0.2) is 20.1 Å². The number of rotatable bonds is 4. The summed E-state index contributed by atoms with van der Waals surface area (Å²) in [4.78, 5) is 1.81. The molecule has 1 aromatic rings. The third-order valence-electron chi connectivity index (χ3n) is 3.28. The molecule has 0 spiro atoms. The largest absolute Gasteiger partial charge is 0.372 e. The van der Waals surface area contributed by atoms with Crippen LogP contribution in [0, 0.1) is 17.0 Å². The number of hydrogen-bond donors (Lipinski definition) is 1. The van der Waals surface area contributed by atoms with Gasteiger partial charge < -0.3 is 10.6 Å². The van der Waals surface area contributed by atoms with Gasteiger partial charge in [0, 0.05) is 25.1 Å². The molecule has 0 atom stereocenters. The Bertz CT molecular complexity index is 389. The Morgan fingerprint density at radius 1 is 1.38 bits per heavy atom. The van der Waals surface area contributed by atoms with Gasteiger partial charge in [0.05, 0.1) is 5.69 Å². The smallest absolute Gasteiger partial charge is 0.149 e. The molecule has 2 nitrogen and oxygen atoms in total. The maximum Gasteiger partial charge on any atom is 0.149 e. The predicted octanol–water partition coefficient (Wildman–Crippen LogP) is 2.14. The molecule has 2 N–H and O–H groups in total. The third-order valence-corrected chi connectivity index (χ3v) is 3.28. The van der Waals surface area contributed by atoms with Gasteiger partial charge >= 0.3 is 0 Å². The van der Waals surface area contributed by atoms with Crippen LogP contribution < -0.4 is 10.6 Å². The lowest BCUT2D eigenvalue weighted by Gasteiger charge is -2.25. The molecule has 0 unspecified atom stereocenters. The lowest BCUT2D eigenvalue weighted by atomic mass is 10.1. The van der Waals surface area contributed by atoms with E-state index in [2.05, 4.69) is 0 Å². The van der Waals surface area contributed by atoms with E-state index >= 15 is 0 Å². The van der Waals surface area contributed by atoms with Gasteiger partial charge in [-0.2, -0.15) is 0 Å². The van der Waals surface area contributed by atoms with E-state index < -0.39 is 11.6 Å². The lowest BCUT2D eigenvalue weighted by Crippen LogP contribution is -2.31. The summed E-state index contributed by atoms with van der Waals surface area (Å²) in [5, 5.41) is 0. The quantitative estimate of drug-likeness (QED) is 0.852. The van der Waals surface area contributed by atoms with Crippen LogP contribution in [0.25, 0.3) is 0 Å². The molecule has 0 bridgehead atoms. The molecule has 1 saturated carbocycles. The van der Waals surface area contributed by atoms with Crippen LogP contribution >= 0.6 is 0 Å². The highest BCUT2D eigenvalue weighted by Crippen LogP contribution is 2.45. The van der Waals surface area contributed by atoms with Gasteiger partial charge in [0.1, 0.15) is 11.6 Å². The van der Waals surface area contributed by atoms with Crippen molar-refractivity contribution in [1.82, 2.24) is 0 Å². The van der Waals surface area contributed by atoms with Crippen molar-refractivity contribution in [2.75, 3.05) is 25.0 Å². The standard InChI is InChI=1S/C12H16F2N2/c1-16(8-12(7-15)4-5-12)11-3-2-9(13)6-10(11)14/h2-3,6H,4-5,7-8,15H2,1H3. The van der Waals surface area contributed by atoms with Gasteiger partial charge in [-0.1, -0.05) is 0 Å². The molecule has 16 heavy (non-hydrogen) atoms. The summed E-state index contributed by atoms with van der Waals surface area (Å²) in [6.07, 6.45) is 2.19. The minimum atomic E-state index is -0.547. The van der Waals surface area contributed by atoms with Crippen LogP contribution in [0.3, 0.4) is 0 Å². The fourth-order valence-corrected chi connectivity index (χ4v) is 1.98. The molecule has 1 aliphatic carbocycles. The van der Waals surface area contributed by atoms with Gasteiger partial charge in [0.2, 0.25) is 0 Å². The second-order valence-corrected chi connectivity index (χ2v) is 4.66. The molecule has 0 heterocycles. The molecule has 1 aliphatic rings. The first-order chi connectivity index (χ1) is 7.56. The second kappa shape index (κ2) is 4.01. The van der Waals surface area contributed by atoms with Crippen LogP contribution in [0.2, 0.25) is 0 Å². The van der Waals surface area contributed by atoms with Crippen molar-refractivity contribution in [2.45, 2.75) is 12.8 Å². The number of nitrogens with zero attached hydrogens (tertiary/aromatic N) is 1. The van der Waals surface area contributed by atoms with Gasteiger partial charge in [0.25, 0.3) is 0 Å². The fraction of sp³-hybridized carbons (Fsp3) is 0.500. The molecule has 4 heteroatoms. The first-order valence-electron chi connectivity index (χ1n) is 5.43. The Morgan fingerprint density at radius 2 is 2.06 bits per heavy atom. The lowest BCUT2D eigenvalue weighted by molar-refractivity contribution is 0.515. The molecular weight excluding hydrogens is 210 g/mol. The molecule has 2 rings (SSSR count). The highest BCUT2D eigenvalue weighted by Gasteiger charge is 2.42. The van der Waals surface area contributed by atoms with Crippen LogP contribution in [-0.2, 0) is 0 Å². The normalized spacial score (nSPS) is 17.2. The Hall–Kier alpha value is -1.16. The van der Waals surface area contributed by atoms with E-state index in [-0.39, 0.29) is 5.41 Å². The maximum absolute atomic E-state index is 13.5. The zero-order valence-corrected chi connectivity index (χ0v) is 9.34. The van der Waals surface area contributed by atoms with Crippen LogP contribution in [0.1, 0.15) is 12.8 Å². The monoisotopic (exact) mass is 226 g/mol. The molecule has 0 radical (unpaired) electrons. The number of anilines is 1. The van der Waals surface area contributed by atoms with Crippen molar-refractivity contribution >= 4 is 5.69 Å². The Morgan fingerprint density at radius 3 is 2.56 bits per heavy atom. The van der Waals surface area contributed by atoms with Gasteiger partial charge in [-0.3, -0.25) is 0 Å². The molecule has 1 fully saturated rings. The van der Waals surface area contributed by atoms with Crippen molar-refractivity contribution in [3.63, 3.8) is 0 Å². The zero-order chi connectivity index (χ0) is 11.8. The van der Waals surface area contributed by atoms with E-state index in [9.17, 15) is 8.78 Å². The average Bonchev–Trinajstić information content (AvgIpc) is 2.98.